The fourth-order valence-corrected chi connectivity index (χ4v) is 4.29. The van der Waals surface area contributed by atoms with Crippen molar-refractivity contribution in [2.75, 3.05) is 6.61 Å². The summed E-state index contributed by atoms with van der Waals surface area (Å²) < 4.78 is 4.75. The Kier molecular flexibility index (Phi) is 3.21. The predicted molar refractivity (Wildman–Crippen MR) is 67.3 cm³/mol. The number of rotatable bonds is 4. The van der Waals surface area contributed by atoms with Crippen molar-refractivity contribution in [1.82, 2.24) is 4.90 Å². The van der Waals surface area contributed by atoms with E-state index in [0.29, 0.717) is 24.2 Å². The summed E-state index contributed by atoms with van der Waals surface area (Å²) >= 11 is 1.38. The second-order valence-electron chi connectivity index (χ2n) is 5.02. The van der Waals surface area contributed by atoms with Gasteiger partial charge in [0.15, 0.2) is 0 Å². The molecular formula is C12H13NO6S. The van der Waals surface area contributed by atoms with E-state index in [1.807, 2.05) is 0 Å². The Morgan fingerprint density at radius 1 is 1.40 bits per heavy atom. The van der Waals surface area contributed by atoms with Gasteiger partial charge in [-0.25, -0.2) is 4.79 Å². The Balaban J connectivity index is 1.83. The van der Waals surface area contributed by atoms with E-state index in [9.17, 15) is 14.4 Å². The van der Waals surface area contributed by atoms with Gasteiger partial charge in [0.05, 0.1) is 10.8 Å². The lowest BCUT2D eigenvalue weighted by molar-refractivity contribution is -0.150. The van der Waals surface area contributed by atoms with Gasteiger partial charge >= 0.3 is 6.16 Å². The molecule has 2 heterocycles. The van der Waals surface area contributed by atoms with Crippen molar-refractivity contribution in [2.24, 2.45) is 11.8 Å². The highest BCUT2D eigenvalue weighted by Gasteiger charge is 2.57. The van der Waals surface area contributed by atoms with E-state index in [-0.39, 0.29) is 41.4 Å². The minimum Gasteiger partial charge on any atom is -0.449 e. The number of fused-ring (bicyclic) bond motifs is 1. The molecule has 0 aromatic rings. The number of Topliss-reactive ketones (excluding diaryl/α,β-unsaturated/α-hetero) is 1. The van der Waals surface area contributed by atoms with Crippen molar-refractivity contribution in [3.63, 3.8) is 0 Å². The summed E-state index contributed by atoms with van der Waals surface area (Å²) in [5.74, 6) is -0.399. The number of ether oxygens (including phenoxy) is 1. The summed E-state index contributed by atoms with van der Waals surface area (Å²) in [5, 5.41) is 17.5. The van der Waals surface area contributed by atoms with Crippen molar-refractivity contribution >= 4 is 29.6 Å². The molecule has 1 saturated carbocycles. The first-order valence-corrected chi connectivity index (χ1v) is 7.18. The molecule has 1 aliphatic carbocycles. The van der Waals surface area contributed by atoms with Crippen LogP contribution in [-0.2, 0) is 14.3 Å². The number of carboxylic acid groups (broad SMARTS) is 1. The van der Waals surface area contributed by atoms with Gasteiger partial charge in [-0.15, -0.1) is 0 Å². The molecule has 7 nitrogen and oxygen atoms in total. The second kappa shape index (κ2) is 4.78. The number of carbonyl (C=O) groups is 3. The summed E-state index contributed by atoms with van der Waals surface area (Å²) in [7, 11) is 0. The van der Waals surface area contributed by atoms with Crippen molar-refractivity contribution in [1.29, 1.82) is 0 Å². The molecule has 3 rings (SSSR count). The van der Waals surface area contributed by atoms with Gasteiger partial charge in [-0.1, -0.05) is 11.8 Å². The van der Waals surface area contributed by atoms with Crippen LogP contribution in [0.1, 0.15) is 19.3 Å². The number of nitrogens with zero attached hydrogens (tertiary/aromatic N) is 1. The number of aliphatic hydroxyl groups excluding tert-OH is 1. The number of thioether (sulfide) groups is 1. The molecule has 2 aliphatic heterocycles. The highest BCUT2D eigenvalue weighted by atomic mass is 32.2. The van der Waals surface area contributed by atoms with Crippen LogP contribution in [0, 0.1) is 11.8 Å². The van der Waals surface area contributed by atoms with E-state index in [4.69, 9.17) is 14.9 Å². The Labute approximate surface area is 118 Å². The van der Waals surface area contributed by atoms with Gasteiger partial charge in [-0.05, 0) is 6.42 Å². The minimum atomic E-state index is -1.47. The first kappa shape index (κ1) is 13.4. The quantitative estimate of drug-likeness (QED) is 0.583. The highest BCUT2D eigenvalue weighted by molar-refractivity contribution is 8.04. The predicted octanol–water partition coefficient (Wildman–Crippen LogP) is 0.743. The van der Waals surface area contributed by atoms with Crippen molar-refractivity contribution in [3.05, 3.63) is 10.8 Å². The fraction of sp³-hybridized carbons (Fsp3) is 0.583. The van der Waals surface area contributed by atoms with E-state index >= 15 is 0 Å². The summed E-state index contributed by atoms with van der Waals surface area (Å²) in [5.41, 5.74) is 0. The second-order valence-corrected chi connectivity index (χ2v) is 6.18. The number of amides is 1. The number of ketones is 1. The Morgan fingerprint density at radius 2 is 2.10 bits per heavy atom. The smallest absolute Gasteiger partial charge is 0.449 e. The molecule has 0 spiro atoms. The van der Waals surface area contributed by atoms with Gasteiger partial charge in [0.1, 0.15) is 11.2 Å². The normalized spacial score (nSPS) is 29.1. The van der Waals surface area contributed by atoms with E-state index < -0.39 is 6.16 Å². The average Bonchev–Trinajstić information content (AvgIpc) is 2.66. The molecule has 0 aromatic heterocycles. The minimum absolute atomic E-state index is 0.0463. The van der Waals surface area contributed by atoms with Gasteiger partial charge in [0, 0.05) is 25.4 Å². The molecule has 2 atom stereocenters. The molecule has 0 bridgehead atoms. The third-order valence-electron chi connectivity index (χ3n) is 3.77. The maximum Gasteiger partial charge on any atom is 0.512 e. The zero-order valence-electron chi connectivity index (χ0n) is 10.4. The van der Waals surface area contributed by atoms with Gasteiger partial charge in [0.2, 0.25) is 11.8 Å². The zero-order chi connectivity index (χ0) is 14.4. The van der Waals surface area contributed by atoms with Crippen LogP contribution in [0.2, 0.25) is 0 Å². The lowest BCUT2D eigenvalue weighted by Crippen LogP contribution is -2.56. The molecule has 2 N–H and O–H groups in total. The number of β-lactam (4-membered cyclic amide) rings is 1. The van der Waals surface area contributed by atoms with Crippen molar-refractivity contribution in [2.45, 2.75) is 24.6 Å². The van der Waals surface area contributed by atoms with Crippen LogP contribution >= 0.6 is 11.8 Å². The van der Waals surface area contributed by atoms with Crippen LogP contribution in [0.3, 0.4) is 0 Å². The van der Waals surface area contributed by atoms with Crippen molar-refractivity contribution in [3.8, 4) is 0 Å². The number of carbonyl (C=O) groups excluding carboxylic acids is 2. The van der Waals surface area contributed by atoms with Gasteiger partial charge in [0.25, 0.3) is 0 Å². The molecule has 0 radical (unpaired) electrons. The lowest BCUT2D eigenvalue weighted by Gasteiger charge is -2.41. The third-order valence-corrected chi connectivity index (χ3v) is 5.32. The summed E-state index contributed by atoms with van der Waals surface area (Å²) in [6, 6.07) is 0. The van der Waals surface area contributed by atoms with E-state index in [1.54, 1.807) is 0 Å². The Hall–Kier alpha value is -1.54. The third kappa shape index (κ3) is 1.90. The molecule has 108 valence electrons. The molecule has 8 heteroatoms. The highest BCUT2D eigenvalue weighted by Crippen LogP contribution is 2.55. The van der Waals surface area contributed by atoms with Gasteiger partial charge in [-0.2, -0.15) is 0 Å². The standard InChI is InChI=1S/C12H13NO6S/c14-2-1-7-9(16)13-10(19-12(17)18)8(20-11(7)13)5-3-6(15)4-5/h5,7,11,14H,1-4H2,(H,17,18)/t7-,11+/m0/s1. The zero-order valence-corrected chi connectivity index (χ0v) is 11.3. The number of hydrogen-bond acceptors (Lipinski definition) is 6. The Bertz CT molecular complexity index is 522. The lowest BCUT2D eigenvalue weighted by atomic mass is 9.83. The maximum atomic E-state index is 12.0. The molecule has 1 saturated heterocycles. The van der Waals surface area contributed by atoms with Crippen LogP contribution in [0.5, 0.6) is 0 Å². The van der Waals surface area contributed by atoms with E-state index in [2.05, 4.69) is 0 Å². The monoisotopic (exact) mass is 299 g/mol. The van der Waals surface area contributed by atoms with Crippen molar-refractivity contribution < 1.29 is 29.3 Å². The summed E-state index contributed by atoms with van der Waals surface area (Å²) in [6.45, 7) is -0.0896. The van der Waals surface area contributed by atoms with Gasteiger partial charge < -0.3 is 14.9 Å². The molecule has 2 fully saturated rings. The largest absolute Gasteiger partial charge is 0.512 e. The van der Waals surface area contributed by atoms with Crippen LogP contribution in [-0.4, -0.2) is 44.9 Å². The van der Waals surface area contributed by atoms with E-state index in [0.717, 1.165) is 0 Å². The fourth-order valence-electron chi connectivity index (χ4n) is 2.71. The molecule has 0 aromatic carbocycles. The molecule has 20 heavy (non-hydrogen) atoms. The SMILES string of the molecule is O=C1CC(C2=C(OC(=O)O)N3C(=O)[C@H](CCO)[C@H]3S2)C1. The molecular weight excluding hydrogens is 286 g/mol. The van der Waals surface area contributed by atoms with Gasteiger partial charge in [-0.3, -0.25) is 14.5 Å². The molecule has 1 amide bonds. The summed E-state index contributed by atoms with van der Waals surface area (Å²) in [4.78, 5) is 35.9. The summed E-state index contributed by atoms with van der Waals surface area (Å²) in [6.07, 6.45) is -0.380. The molecule has 3 aliphatic rings. The topological polar surface area (TPSA) is 104 Å². The molecule has 0 unspecified atom stereocenters. The first-order chi connectivity index (χ1) is 9.52. The van der Waals surface area contributed by atoms with E-state index in [1.165, 1.54) is 16.7 Å². The first-order valence-electron chi connectivity index (χ1n) is 6.30. The van der Waals surface area contributed by atoms with Crippen LogP contribution in [0.15, 0.2) is 10.8 Å². The maximum absolute atomic E-state index is 12.0. The number of aliphatic hydroxyl groups is 1. The van der Waals surface area contributed by atoms with Crippen LogP contribution in [0.25, 0.3) is 0 Å². The number of hydrogen-bond donors (Lipinski definition) is 2. The Morgan fingerprint density at radius 3 is 2.65 bits per heavy atom. The van der Waals surface area contributed by atoms with Crippen LogP contribution < -0.4 is 0 Å². The number of allylic oxidation sites excluding steroid dienone is 1. The van der Waals surface area contributed by atoms with Crippen LogP contribution in [0.4, 0.5) is 4.79 Å². The average molecular weight is 299 g/mol.